The number of rotatable bonds is 6. The van der Waals surface area contributed by atoms with Crippen LogP contribution in [-0.2, 0) is 0 Å². The van der Waals surface area contributed by atoms with Crippen LogP contribution >= 0.6 is 0 Å². The topological polar surface area (TPSA) is 41.6 Å². The lowest BCUT2D eigenvalue weighted by atomic mass is 10.3. The first kappa shape index (κ1) is 15.0. The normalized spacial score (nSPS) is 11.5. The van der Waals surface area contributed by atoms with E-state index in [9.17, 15) is 9.18 Å². The van der Waals surface area contributed by atoms with Crippen LogP contribution in [0.2, 0.25) is 0 Å². The van der Waals surface area contributed by atoms with Gasteiger partial charge in [0.1, 0.15) is 18.2 Å². The van der Waals surface area contributed by atoms with Crippen molar-refractivity contribution in [2.24, 2.45) is 0 Å². The van der Waals surface area contributed by atoms with Crippen molar-refractivity contribution in [1.82, 2.24) is 10.2 Å². The molecule has 1 atom stereocenters. The van der Waals surface area contributed by atoms with Gasteiger partial charge < -0.3 is 15.0 Å². The van der Waals surface area contributed by atoms with Crippen molar-refractivity contribution in [2.75, 3.05) is 20.2 Å². The highest BCUT2D eigenvalue weighted by molar-refractivity contribution is 5.74. The third-order valence-electron chi connectivity index (χ3n) is 2.43. The highest BCUT2D eigenvalue weighted by Crippen LogP contribution is 2.11. The minimum Gasteiger partial charge on any atom is -0.491 e. The Balaban J connectivity index is 2.35. The molecule has 0 aromatic heterocycles. The smallest absolute Gasteiger partial charge is 0.317 e. The molecule has 19 heavy (non-hydrogen) atoms. The Morgan fingerprint density at radius 1 is 1.53 bits per heavy atom. The first-order chi connectivity index (χ1) is 9.02. The van der Waals surface area contributed by atoms with Crippen LogP contribution in [0.3, 0.4) is 0 Å². The second-order valence-corrected chi connectivity index (χ2v) is 4.28. The molecule has 1 unspecified atom stereocenters. The molecule has 0 aliphatic rings. The standard InChI is InChI=1S/C14H19FN2O2/c1-4-9-17(3)14(18)16-11(2)10-19-13-7-5-12(15)6-8-13/h4-8,11H,1,9-10H2,2-3H3,(H,16,18). The molecule has 1 N–H and O–H groups in total. The number of hydrogen-bond acceptors (Lipinski definition) is 2. The van der Waals surface area contributed by atoms with Crippen molar-refractivity contribution in [3.63, 3.8) is 0 Å². The minimum atomic E-state index is -0.306. The zero-order valence-corrected chi connectivity index (χ0v) is 11.2. The highest BCUT2D eigenvalue weighted by Gasteiger charge is 2.11. The molecule has 0 aliphatic heterocycles. The summed E-state index contributed by atoms with van der Waals surface area (Å²) in [5, 5.41) is 2.79. The van der Waals surface area contributed by atoms with E-state index in [4.69, 9.17) is 4.74 Å². The minimum absolute atomic E-state index is 0.148. The van der Waals surface area contributed by atoms with Crippen LogP contribution in [0.5, 0.6) is 5.75 Å². The van der Waals surface area contributed by atoms with Crippen LogP contribution in [0.1, 0.15) is 6.92 Å². The third-order valence-corrected chi connectivity index (χ3v) is 2.43. The van der Waals surface area contributed by atoms with Crippen molar-refractivity contribution < 1.29 is 13.9 Å². The summed E-state index contributed by atoms with van der Waals surface area (Å²) in [5.41, 5.74) is 0. The van der Waals surface area contributed by atoms with Gasteiger partial charge in [0, 0.05) is 13.6 Å². The van der Waals surface area contributed by atoms with Gasteiger partial charge in [0.25, 0.3) is 0 Å². The molecular weight excluding hydrogens is 247 g/mol. The average molecular weight is 266 g/mol. The Morgan fingerprint density at radius 2 is 2.16 bits per heavy atom. The molecule has 1 rings (SSSR count). The van der Waals surface area contributed by atoms with Crippen LogP contribution in [0.4, 0.5) is 9.18 Å². The van der Waals surface area contributed by atoms with E-state index < -0.39 is 0 Å². The van der Waals surface area contributed by atoms with E-state index in [2.05, 4.69) is 11.9 Å². The van der Waals surface area contributed by atoms with Crippen LogP contribution in [-0.4, -0.2) is 37.2 Å². The third kappa shape index (κ3) is 5.42. The molecule has 0 saturated carbocycles. The van der Waals surface area contributed by atoms with Crippen LogP contribution in [0.15, 0.2) is 36.9 Å². The molecule has 4 nitrogen and oxygen atoms in total. The molecule has 5 heteroatoms. The quantitative estimate of drug-likeness (QED) is 0.803. The van der Waals surface area contributed by atoms with Crippen molar-refractivity contribution in [2.45, 2.75) is 13.0 Å². The van der Waals surface area contributed by atoms with Gasteiger partial charge in [-0.05, 0) is 31.2 Å². The summed E-state index contributed by atoms with van der Waals surface area (Å²) >= 11 is 0. The van der Waals surface area contributed by atoms with Gasteiger partial charge in [-0.25, -0.2) is 9.18 Å². The molecule has 0 aliphatic carbocycles. The molecule has 1 aromatic rings. The summed E-state index contributed by atoms with van der Waals surface area (Å²) < 4.78 is 18.1. The van der Waals surface area contributed by atoms with E-state index in [0.717, 1.165) is 0 Å². The second kappa shape index (κ2) is 7.41. The monoisotopic (exact) mass is 266 g/mol. The van der Waals surface area contributed by atoms with E-state index in [-0.39, 0.29) is 17.9 Å². The van der Waals surface area contributed by atoms with Crippen molar-refractivity contribution in [1.29, 1.82) is 0 Å². The number of benzene rings is 1. The van der Waals surface area contributed by atoms with E-state index in [1.807, 2.05) is 6.92 Å². The zero-order chi connectivity index (χ0) is 14.3. The molecule has 0 saturated heterocycles. The Bertz CT molecular complexity index is 420. The average Bonchev–Trinajstić information content (AvgIpc) is 2.38. The van der Waals surface area contributed by atoms with Crippen LogP contribution in [0, 0.1) is 5.82 Å². The fourth-order valence-corrected chi connectivity index (χ4v) is 1.39. The van der Waals surface area contributed by atoms with Gasteiger partial charge >= 0.3 is 6.03 Å². The van der Waals surface area contributed by atoms with E-state index in [0.29, 0.717) is 18.9 Å². The Morgan fingerprint density at radius 3 is 2.74 bits per heavy atom. The summed E-state index contributed by atoms with van der Waals surface area (Å²) in [6, 6.07) is 5.42. The Labute approximate surface area is 112 Å². The van der Waals surface area contributed by atoms with Gasteiger partial charge in [-0.15, -0.1) is 6.58 Å². The Kier molecular flexibility index (Phi) is 5.85. The van der Waals surface area contributed by atoms with Crippen molar-refractivity contribution in [3.8, 4) is 5.75 Å². The fourth-order valence-electron chi connectivity index (χ4n) is 1.39. The maximum atomic E-state index is 12.7. The number of halogens is 1. The Hall–Kier alpha value is -2.04. The van der Waals surface area contributed by atoms with Gasteiger partial charge in [-0.1, -0.05) is 6.08 Å². The van der Waals surface area contributed by atoms with Gasteiger partial charge in [-0.3, -0.25) is 0 Å². The maximum absolute atomic E-state index is 12.7. The van der Waals surface area contributed by atoms with Gasteiger partial charge in [0.05, 0.1) is 6.04 Å². The van der Waals surface area contributed by atoms with E-state index in [1.165, 1.54) is 17.0 Å². The fraction of sp³-hybridized carbons (Fsp3) is 0.357. The van der Waals surface area contributed by atoms with Gasteiger partial charge in [0.15, 0.2) is 0 Å². The molecule has 0 bridgehead atoms. The molecular formula is C14H19FN2O2. The molecule has 1 aromatic carbocycles. The SMILES string of the molecule is C=CCN(C)C(=O)NC(C)COc1ccc(F)cc1. The number of ether oxygens (including phenoxy) is 1. The predicted octanol–water partition coefficient (Wildman–Crippen LogP) is 2.42. The van der Waals surface area contributed by atoms with Crippen molar-refractivity contribution in [3.05, 3.63) is 42.7 Å². The van der Waals surface area contributed by atoms with Crippen LogP contribution in [0.25, 0.3) is 0 Å². The molecule has 0 radical (unpaired) electrons. The predicted molar refractivity (Wildman–Crippen MR) is 72.7 cm³/mol. The van der Waals surface area contributed by atoms with E-state index >= 15 is 0 Å². The number of carbonyl (C=O) groups is 1. The number of amides is 2. The number of carbonyl (C=O) groups excluding carboxylic acids is 1. The lowest BCUT2D eigenvalue weighted by Crippen LogP contribution is -2.44. The number of urea groups is 1. The zero-order valence-electron chi connectivity index (χ0n) is 11.2. The van der Waals surface area contributed by atoms with Gasteiger partial charge in [0.2, 0.25) is 0 Å². The van der Waals surface area contributed by atoms with Crippen molar-refractivity contribution >= 4 is 6.03 Å². The summed E-state index contributed by atoms with van der Waals surface area (Å²) in [6.45, 7) is 6.21. The molecule has 0 fully saturated rings. The van der Waals surface area contributed by atoms with Gasteiger partial charge in [-0.2, -0.15) is 0 Å². The number of likely N-dealkylation sites (N-methyl/N-ethyl adjacent to an activating group) is 1. The lowest BCUT2D eigenvalue weighted by molar-refractivity contribution is 0.201. The number of nitrogens with zero attached hydrogens (tertiary/aromatic N) is 1. The van der Waals surface area contributed by atoms with E-state index in [1.54, 1.807) is 25.3 Å². The first-order valence-electron chi connectivity index (χ1n) is 6.04. The maximum Gasteiger partial charge on any atom is 0.317 e. The molecule has 0 heterocycles. The highest BCUT2D eigenvalue weighted by atomic mass is 19.1. The molecule has 104 valence electrons. The number of hydrogen-bond donors (Lipinski definition) is 1. The summed E-state index contributed by atoms with van der Waals surface area (Å²) in [6.07, 6.45) is 1.65. The first-order valence-corrected chi connectivity index (χ1v) is 6.04. The molecule has 2 amide bonds. The molecule has 0 spiro atoms. The largest absolute Gasteiger partial charge is 0.491 e. The number of nitrogens with one attached hydrogen (secondary N) is 1. The lowest BCUT2D eigenvalue weighted by Gasteiger charge is -2.20. The summed E-state index contributed by atoms with van der Waals surface area (Å²) in [5.74, 6) is 0.265. The second-order valence-electron chi connectivity index (χ2n) is 4.28. The van der Waals surface area contributed by atoms with Crippen LogP contribution < -0.4 is 10.1 Å². The summed E-state index contributed by atoms with van der Waals surface area (Å²) in [7, 11) is 1.69. The summed E-state index contributed by atoms with van der Waals surface area (Å²) in [4.78, 5) is 13.2.